The van der Waals surface area contributed by atoms with Crippen LogP contribution in [0.1, 0.15) is 36.0 Å². The van der Waals surface area contributed by atoms with Gasteiger partial charge >= 0.3 is 0 Å². The summed E-state index contributed by atoms with van der Waals surface area (Å²) < 4.78 is 0. The smallest absolute Gasteiger partial charge is 0.193 e. The van der Waals surface area contributed by atoms with Crippen molar-refractivity contribution in [3.8, 4) is 0 Å². The lowest BCUT2D eigenvalue weighted by molar-refractivity contribution is 0.248. The molecule has 2 aromatic carbocycles. The topological polar surface area (TPSA) is 56.9 Å². The minimum atomic E-state index is 0.476. The maximum Gasteiger partial charge on any atom is 0.193 e. The maximum atomic E-state index is 6.12. The van der Waals surface area contributed by atoms with Crippen molar-refractivity contribution in [3.63, 3.8) is 0 Å². The lowest BCUT2D eigenvalue weighted by Crippen LogP contribution is -2.47. The first kappa shape index (κ1) is 19.4. The van der Waals surface area contributed by atoms with Gasteiger partial charge in [0.1, 0.15) is 0 Å². The number of aliphatic imine (C=N–C) groups is 1. The molecule has 3 aliphatic rings. The van der Waals surface area contributed by atoms with E-state index in [-0.39, 0.29) is 0 Å². The second-order valence-electron chi connectivity index (χ2n) is 9.06. The van der Waals surface area contributed by atoms with Crippen LogP contribution in [0.25, 0.3) is 0 Å². The fourth-order valence-electron chi connectivity index (χ4n) is 4.68. The van der Waals surface area contributed by atoms with Gasteiger partial charge in [-0.15, -0.1) is 0 Å². The molecule has 0 aromatic heterocycles. The highest BCUT2D eigenvalue weighted by atomic mass is 15.3. The predicted octanol–water partition coefficient (Wildman–Crippen LogP) is 3.63. The van der Waals surface area contributed by atoms with E-state index in [0.717, 1.165) is 24.7 Å². The number of guanidine groups is 1. The molecule has 30 heavy (non-hydrogen) atoms. The summed E-state index contributed by atoms with van der Waals surface area (Å²) in [7, 11) is 0. The van der Waals surface area contributed by atoms with Crippen molar-refractivity contribution in [2.45, 2.75) is 38.6 Å². The van der Waals surface area contributed by atoms with Crippen LogP contribution in [-0.2, 0) is 19.4 Å². The second kappa shape index (κ2) is 8.68. The number of hydrogen-bond donors (Lipinski definition) is 2. The minimum Gasteiger partial charge on any atom is -0.370 e. The summed E-state index contributed by atoms with van der Waals surface area (Å²) >= 11 is 0. The number of fused-ring (bicyclic) bond motifs is 1. The molecule has 2 aliphatic carbocycles. The first-order chi connectivity index (χ1) is 14.7. The van der Waals surface area contributed by atoms with Gasteiger partial charge in [-0.25, -0.2) is 4.99 Å². The summed E-state index contributed by atoms with van der Waals surface area (Å²) in [5.41, 5.74) is 12.6. The third-order valence-corrected chi connectivity index (χ3v) is 6.69. The Kier molecular flexibility index (Phi) is 5.63. The lowest BCUT2D eigenvalue weighted by atomic mass is 10.1. The highest BCUT2D eigenvalue weighted by Gasteiger charge is 2.26. The first-order valence-electron chi connectivity index (χ1n) is 11.5. The van der Waals surface area contributed by atoms with E-state index in [0.29, 0.717) is 12.5 Å². The van der Waals surface area contributed by atoms with E-state index < -0.39 is 0 Å². The number of hydrogen-bond acceptors (Lipinski definition) is 3. The molecule has 1 saturated carbocycles. The van der Waals surface area contributed by atoms with E-state index in [1.54, 1.807) is 0 Å². The van der Waals surface area contributed by atoms with Crippen molar-refractivity contribution >= 4 is 17.3 Å². The van der Waals surface area contributed by atoms with Gasteiger partial charge in [-0.2, -0.15) is 0 Å². The van der Waals surface area contributed by atoms with Crippen LogP contribution in [0.3, 0.4) is 0 Å². The van der Waals surface area contributed by atoms with E-state index >= 15 is 0 Å². The Bertz CT molecular complexity index is 892. The van der Waals surface area contributed by atoms with Gasteiger partial charge in [0.2, 0.25) is 0 Å². The average Bonchev–Trinajstić information content (AvgIpc) is 3.46. The molecular weight excluding hydrogens is 370 g/mol. The summed E-state index contributed by atoms with van der Waals surface area (Å²) in [5.74, 6) is 1.46. The van der Waals surface area contributed by atoms with E-state index in [1.165, 1.54) is 74.1 Å². The Labute approximate surface area is 180 Å². The zero-order chi connectivity index (χ0) is 20.3. The molecule has 1 heterocycles. The van der Waals surface area contributed by atoms with Crippen LogP contribution in [0.2, 0.25) is 0 Å². The third-order valence-electron chi connectivity index (χ3n) is 6.69. The number of piperazine rings is 1. The molecule has 2 fully saturated rings. The summed E-state index contributed by atoms with van der Waals surface area (Å²) in [5, 5.41) is 3.24. The Balaban J connectivity index is 1.12. The quantitative estimate of drug-likeness (QED) is 0.571. The second-order valence-corrected chi connectivity index (χ2v) is 9.06. The average molecular weight is 404 g/mol. The van der Waals surface area contributed by atoms with Gasteiger partial charge in [0.15, 0.2) is 5.96 Å². The number of anilines is 2. The zero-order valence-electron chi connectivity index (χ0n) is 17.8. The molecule has 3 N–H and O–H groups in total. The van der Waals surface area contributed by atoms with Crippen LogP contribution >= 0.6 is 0 Å². The van der Waals surface area contributed by atoms with Crippen LogP contribution in [0.5, 0.6) is 0 Å². The SMILES string of the molecule is NC(=NCc1ccc(N2CCN(CC3CC3)CC2)cc1)Nc1ccc2c(c1)CCC2. The highest BCUT2D eigenvalue weighted by Crippen LogP contribution is 2.30. The van der Waals surface area contributed by atoms with Crippen molar-refractivity contribution in [2.75, 3.05) is 42.9 Å². The number of nitrogens with zero attached hydrogens (tertiary/aromatic N) is 3. The van der Waals surface area contributed by atoms with Crippen molar-refractivity contribution in [2.24, 2.45) is 16.6 Å². The minimum absolute atomic E-state index is 0.476. The Morgan fingerprint density at radius 3 is 2.50 bits per heavy atom. The Morgan fingerprint density at radius 1 is 0.967 bits per heavy atom. The van der Waals surface area contributed by atoms with Crippen molar-refractivity contribution in [1.29, 1.82) is 0 Å². The summed E-state index contributed by atoms with van der Waals surface area (Å²) in [6.45, 7) is 6.54. The number of nitrogens with one attached hydrogen (secondary N) is 1. The first-order valence-corrected chi connectivity index (χ1v) is 11.5. The Hall–Kier alpha value is -2.53. The molecule has 0 radical (unpaired) electrons. The van der Waals surface area contributed by atoms with Gasteiger partial charge < -0.3 is 16.0 Å². The van der Waals surface area contributed by atoms with Gasteiger partial charge in [-0.1, -0.05) is 18.2 Å². The molecule has 1 saturated heterocycles. The van der Waals surface area contributed by atoms with Crippen LogP contribution in [0, 0.1) is 5.92 Å². The van der Waals surface area contributed by atoms with E-state index in [1.807, 2.05) is 0 Å². The van der Waals surface area contributed by atoms with Gasteiger partial charge in [-0.3, -0.25) is 4.90 Å². The van der Waals surface area contributed by atoms with E-state index in [9.17, 15) is 0 Å². The summed E-state index contributed by atoms with van der Waals surface area (Å²) in [4.78, 5) is 9.67. The number of benzene rings is 2. The van der Waals surface area contributed by atoms with Crippen LogP contribution in [0.15, 0.2) is 47.5 Å². The largest absolute Gasteiger partial charge is 0.370 e. The monoisotopic (exact) mass is 403 g/mol. The summed E-state index contributed by atoms with van der Waals surface area (Å²) in [6, 6.07) is 15.3. The number of rotatable bonds is 6. The van der Waals surface area contributed by atoms with E-state index in [4.69, 9.17) is 5.73 Å². The van der Waals surface area contributed by atoms with Crippen molar-refractivity contribution in [3.05, 3.63) is 59.2 Å². The molecule has 5 rings (SSSR count). The molecular formula is C25H33N5. The molecule has 5 heteroatoms. The maximum absolute atomic E-state index is 6.12. The molecule has 2 aromatic rings. The summed E-state index contributed by atoms with van der Waals surface area (Å²) in [6.07, 6.45) is 6.51. The molecule has 0 unspecified atom stereocenters. The number of nitrogens with two attached hydrogens (primary N) is 1. The molecule has 158 valence electrons. The van der Waals surface area contributed by atoms with Crippen LogP contribution in [0.4, 0.5) is 11.4 Å². The van der Waals surface area contributed by atoms with Crippen molar-refractivity contribution < 1.29 is 0 Å². The Morgan fingerprint density at radius 2 is 1.73 bits per heavy atom. The molecule has 5 nitrogen and oxygen atoms in total. The van der Waals surface area contributed by atoms with Gasteiger partial charge in [0.25, 0.3) is 0 Å². The molecule has 0 spiro atoms. The standard InChI is InChI=1S/C25H33N5/c26-25(28-23-9-8-21-2-1-3-22(21)16-23)27-17-19-6-10-24(11-7-19)30-14-12-29(13-15-30)18-20-4-5-20/h6-11,16,20H,1-5,12-15,17-18H2,(H3,26,27,28). The fraction of sp³-hybridized carbons (Fsp3) is 0.480. The zero-order valence-corrected chi connectivity index (χ0v) is 17.8. The van der Waals surface area contributed by atoms with Crippen LogP contribution in [-0.4, -0.2) is 43.6 Å². The molecule has 0 amide bonds. The number of aryl methyl sites for hydroxylation is 2. The third kappa shape index (κ3) is 4.78. The molecule has 1 aliphatic heterocycles. The normalized spacial score (nSPS) is 19.7. The van der Waals surface area contributed by atoms with Crippen LogP contribution < -0.4 is 16.0 Å². The predicted molar refractivity (Wildman–Crippen MR) is 125 cm³/mol. The van der Waals surface area contributed by atoms with E-state index in [2.05, 4.69) is 62.6 Å². The fourth-order valence-corrected chi connectivity index (χ4v) is 4.68. The van der Waals surface area contributed by atoms with Crippen molar-refractivity contribution in [1.82, 2.24) is 4.90 Å². The van der Waals surface area contributed by atoms with Gasteiger partial charge in [0, 0.05) is 44.1 Å². The highest BCUT2D eigenvalue weighted by molar-refractivity contribution is 5.92. The lowest BCUT2D eigenvalue weighted by Gasteiger charge is -2.36. The van der Waals surface area contributed by atoms with Gasteiger partial charge in [-0.05, 0) is 79.0 Å². The van der Waals surface area contributed by atoms with Gasteiger partial charge in [0.05, 0.1) is 6.54 Å². The molecule has 0 atom stereocenters. The molecule has 0 bridgehead atoms.